The SMILES string of the molecule is CC1CNCCN1c1nc2nc[nH+]cc2[nH]1. The van der Waals surface area contributed by atoms with Gasteiger partial charge in [-0.15, -0.1) is 0 Å². The van der Waals surface area contributed by atoms with Gasteiger partial charge in [0.2, 0.25) is 5.95 Å². The molecule has 1 saturated heterocycles. The molecular weight excluding hydrogens is 204 g/mol. The van der Waals surface area contributed by atoms with E-state index in [1.165, 1.54) is 0 Å². The molecule has 6 heteroatoms. The number of aromatic nitrogens is 4. The maximum absolute atomic E-state index is 4.50. The van der Waals surface area contributed by atoms with Crippen LogP contribution in [0.4, 0.5) is 5.95 Å². The third-order valence-electron chi connectivity index (χ3n) is 2.96. The first kappa shape index (κ1) is 9.53. The maximum Gasteiger partial charge on any atom is 0.296 e. The van der Waals surface area contributed by atoms with Gasteiger partial charge in [-0.25, -0.2) is 4.98 Å². The first-order chi connectivity index (χ1) is 7.84. The Morgan fingerprint density at radius 2 is 2.50 bits per heavy atom. The molecule has 0 aliphatic carbocycles. The number of aromatic amines is 2. The summed E-state index contributed by atoms with van der Waals surface area (Å²) in [5, 5.41) is 3.36. The summed E-state index contributed by atoms with van der Waals surface area (Å²) in [6, 6.07) is 0.457. The van der Waals surface area contributed by atoms with Crippen LogP contribution in [0.25, 0.3) is 11.2 Å². The number of anilines is 1. The molecule has 16 heavy (non-hydrogen) atoms. The smallest absolute Gasteiger partial charge is 0.296 e. The summed E-state index contributed by atoms with van der Waals surface area (Å²) in [5.74, 6) is 0.913. The number of fused-ring (bicyclic) bond motifs is 1. The summed E-state index contributed by atoms with van der Waals surface area (Å²) in [5.41, 5.74) is 1.71. The Morgan fingerprint density at radius 1 is 1.56 bits per heavy atom. The number of hydrogen-bond donors (Lipinski definition) is 2. The molecule has 1 aliphatic rings. The summed E-state index contributed by atoms with van der Waals surface area (Å²) < 4.78 is 0. The number of nitrogens with zero attached hydrogens (tertiary/aromatic N) is 3. The van der Waals surface area contributed by atoms with E-state index >= 15 is 0 Å². The van der Waals surface area contributed by atoms with Crippen molar-refractivity contribution in [2.45, 2.75) is 13.0 Å². The van der Waals surface area contributed by atoms with Crippen LogP contribution >= 0.6 is 0 Å². The number of rotatable bonds is 1. The number of H-pyrrole nitrogens is 2. The van der Waals surface area contributed by atoms with Crippen LogP contribution < -0.4 is 15.2 Å². The van der Waals surface area contributed by atoms with Crippen molar-refractivity contribution in [3.63, 3.8) is 0 Å². The summed E-state index contributed by atoms with van der Waals surface area (Å²) in [7, 11) is 0. The normalized spacial score (nSPS) is 21.6. The summed E-state index contributed by atoms with van der Waals surface area (Å²) in [6.07, 6.45) is 3.53. The van der Waals surface area contributed by atoms with Gasteiger partial charge in [0, 0.05) is 25.7 Å². The fourth-order valence-electron chi connectivity index (χ4n) is 2.07. The van der Waals surface area contributed by atoms with Crippen molar-refractivity contribution in [2.75, 3.05) is 24.5 Å². The highest BCUT2D eigenvalue weighted by Gasteiger charge is 2.22. The summed E-state index contributed by atoms with van der Waals surface area (Å²) in [4.78, 5) is 17.2. The molecule has 0 amide bonds. The zero-order valence-corrected chi connectivity index (χ0v) is 9.20. The maximum atomic E-state index is 4.50. The van der Waals surface area contributed by atoms with Crippen molar-refractivity contribution in [2.24, 2.45) is 0 Å². The molecule has 3 heterocycles. The lowest BCUT2D eigenvalue weighted by atomic mass is 10.2. The van der Waals surface area contributed by atoms with Crippen molar-refractivity contribution in [3.05, 3.63) is 12.5 Å². The third kappa shape index (κ3) is 1.51. The van der Waals surface area contributed by atoms with Crippen molar-refractivity contribution < 1.29 is 4.98 Å². The minimum absolute atomic E-state index is 0.457. The highest BCUT2D eigenvalue weighted by atomic mass is 15.3. The van der Waals surface area contributed by atoms with Gasteiger partial charge in [-0.2, -0.15) is 4.98 Å². The van der Waals surface area contributed by atoms with Crippen LogP contribution in [-0.2, 0) is 0 Å². The Balaban J connectivity index is 1.98. The van der Waals surface area contributed by atoms with E-state index in [1.54, 1.807) is 6.33 Å². The Bertz CT molecular complexity index is 460. The first-order valence-corrected chi connectivity index (χ1v) is 5.54. The molecule has 2 aromatic rings. The average Bonchev–Trinajstić information content (AvgIpc) is 2.73. The predicted octanol–water partition coefficient (Wildman–Crippen LogP) is -0.430. The second-order valence-electron chi connectivity index (χ2n) is 4.11. The van der Waals surface area contributed by atoms with E-state index in [0.717, 1.165) is 36.7 Å². The van der Waals surface area contributed by atoms with Crippen LogP contribution in [0.1, 0.15) is 6.92 Å². The Hall–Kier alpha value is -1.69. The van der Waals surface area contributed by atoms with E-state index in [9.17, 15) is 0 Å². The largest absolute Gasteiger partial charge is 0.337 e. The van der Waals surface area contributed by atoms with Gasteiger partial charge in [0.25, 0.3) is 12.0 Å². The summed E-state index contributed by atoms with van der Waals surface area (Å²) >= 11 is 0. The lowest BCUT2D eigenvalue weighted by molar-refractivity contribution is -0.380. The van der Waals surface area contributed by atoms with Crippen LogP contribution in [0.15, 0.2) is 12.5 Å². The number of imidazole rings is 1. The Labute approximate surface area is 93.1 Å². The molecule has 2 aromatic heterocycles. The predicted molar refractivity (Wildman–Crippen MR) is 60.1 cm³/mol. The molecule has 1 atom stereocenters. The molecule has 0 saturated carbocycles. The summed E-state index contributed by atoms with van der Waals surface area (Å²) in [6.45, 7) is 5.17. The lowest BCUT2D eigenvalue weighted by Gasteiger charge is -2.33. The van der Waals surface area contributed by atoms with Crippen molar-refractivity contribution in [1.82, 2.24) is 20.3 Å². The van der Waals surface area contributed by atoms with Gasteiger partial charge < -0.3 is 15.2 Å². The fourth-order valence-corrected chi connectivity index (χ4v) is 2.07. The standard InChI is InChI=1S/C10H14N6/c1-7-4-11-2-3-16(7)10-14-8-5-12-6-13-9(8)15-10/h5-7,11H,2-4H2,1H3,(H,12,13,14,15)/p+1. The van der Waals surface area contributed by atoms with Crippen LogP contribution in [0.3, 0.4) is 0 Å². The van der Waals surface area contributed by atoms with E-state index in [-0.39, 0.29) is 0 Å². The van der Waals surface area contributed by atoms with Crippen molar-refractivity contribution in [1.29, 1.82) is 0 Å². The molecule has 3 rings (SSSR count). The van der Waals surface area contributed by atoms with E-state index in [0.29, 0.717) is 6.04 Å². The number of hydrogen-bond acceptors (Lipinski definition) is 4. The molecule has 0 bridgehead atoms. The molecule has 0 spiro atoms. The zero-order valence-electron chi connectivity index (χ0n) is 9.20. The van der Waals surface area contributed by atoms with Crippen LogP contribution in [0, 0.1) is 0 Å². The zero-order chi connectivity index (χ0) is 11.0. The second kappa shape index (κ2) is 3.71. The van der Waals surface area contributed by atoms with Crippen LogP contribution in [-0.4, -0.2) is 40.6 Å². The molecular formula is C10H15N6+. The van der Waals surface area contributed by atoms with Crippen molar-refractivity contribution >= 4 is 17.1 Å². The van der Waals surface area contributed by atoms with E-state index in [1.807, 2.05) is 6.20 Å². The monoisotopic (exact) mass is 219 g/mol. The first-order valence-electron chi connectivity index (χ1n) is 5.54. The molecule has 0 aromatic carbocycles. The van der Waals surface area contributed by atoms with E-state index < -0.39 is 0 Å². The highest BCUT2D eigenvalue weighted by molar-refractivity contribution is 5.71. The van der Waals surface area contributed by atoms with Gasteiger partial charge in [0.1, 0.15) is 6.20 Å². The fraction of sp³-hybridized carbons (Fsp3) is 0.500. The third-order valence-corrected chi connectivity index (χ3v) is 2.96. The molecule has 1 unspecified atom stereocenters. The van der Waals surface area contributed by atoms with Gasteiger partial charge >= 0.3 is 0 Å². The second-order valence-corrected chi connectivity index (χ2v) is 4.11. The van der Waals surface area contributed by atoms with E-state index in [4.69, 9.17) is 0 Å². The molecule has 84 valence electrons. The minimum atomic E-state index is 0.457. The van der Waals surface area contributed by atoms with Crippen LogP contribution in [0.5, 0.6) is 0 Å². The number of nitrogens with one attached hydrogen (secondary N) is 3. The molecule has 1 fully saturated rings. The Kier molecular flexibility index (Phi) is 2.21. The average molecular weight is 219 g/mol. The quantitative estimate of drug-likeness (QED) is 0.683. The molecule has 3 N–H and O–H groups in total. The minimum Gasteiger partial charge on any atom is -0.337 e. The Morgan fingerprint density at radius 3 is 3.31 bits per heavy atom. The van der Waals surface area contributed by atoms with Gasteiger partial charge in [0.05, 0.1) is 0 Å². The van der Waals surface area contributed by atoms with Gasteiger partial charge in [-0.3, -0.25) is 0 Å². The van der Waals surface area contributed by atoms with E-state index in [2.05, 4.69) is 37.1 Å². The van der Waals surface area contributed by atoms with Gasteiger partial charge in [0.15, 0.2) is 5.52 Å². The van der Waals surface area contributed by atoms with Gasteiger partial charge in [-0.1, -0.05) is 0 Å². The highest BCUT2D eigenvalue weighted by Crippen LogP contribution is 2.16. The molecule has 6 nitrogen and oxygen atoms in total. The lowest BCUT2D eigenvalue weighted by Crippen LogP contribution is -2.50. The van der Waals surface area contributed by atoms with Crippen LogP contribution in [0.2, 0.25) is 0 Å². The number of piperazine rings is 1. The topological polar surface area (TPSA) is 71.0 Å². The van der Waals surface area contributed by atoms with Gasteiger partial charge in [-0.05, 0) is 11.9 Å². The molecule has 1 aliphatic heterocycles. The van der Waals surface area contributed by atoms with Crippen molar-refractivity contribution in [3.8, 4) is 0 Å². The molecule has 0 radical (unpaired) electrons.